The van der Waals surface area contributed by atoms with E-state index in [2.05, 4.69) is 33.0 Å². The molecular formula is C17H18N4O. The molecule has 5 heteroatoms. The van der Waals surface area contributed by atoms with E-state index in [0.29, 0.717) is 0 Å². The molecule has 0 radical (unpaired) electrons. The third-order valence-electron chi connectivity index (χ3n) is 3.63. The van der Waals surface area contributed by atoms with E-state index in [9.17, 15) is 0 Å². The molecule has 0 fully saturated rings. The zero-order valence-corrected chi connectivity index (χ0v) is 12.5. The molecule has 0 bridgehead atoms. The molecule has 0 aromatic carbocycles. The second kappa shape index (κ2) is 6.39. The van der Waals surface area contributed by atoms with E-state index in [-0.39, 0.29) is 0 Å². The van der Waals surface area contributed by atoms with Crippen molar-refractivity contribution in [3.63, 3.8) is 0 Å². The molecule has 1 aliphatic heterocycles. The average molecular weight is 294 g/mol. The molecule has 1 aliphatic rings. The quantitative estimate of drug-likeness (QED) is 0.690. The van der Waals surface area contributed by atoms with E-state index in [0.717, 1.165) is 52.9 Å². The van der Waals surface area contributed by atoms with Crippen molar-refractivity contribution in [2.24, 2.45) is 4.99 Å². The maximum Gasteiger partial charge on any atom is 0.0991 e. The first-order chi connectivity index (χ1) is 10.8. The monoisotopic (exact) mass is 294 g/mol. The van der Waals surface area contributed by atoms with Gasteiger partial charge in [0.15, 0.2) is 0 Å². The van der Waals surface area contributed by atoms with E-state index in [1.54, 1.807) is 6.20 Å². The summed E-state index contributed by atoms with van der Waals surface area (Å²) in [4.78, 5) is 8.16. The van der Waals surface area contributed by atoms with Crippen LogP contribution < -0.4 is 0 Å². The number of H-pyrrole nitrogens is 1. The summed E-state index contributed by atoms with van der Waals surface area (Å²) in [7, 11) is 0. The lowest BCUT2D eigenvalue weighted by Gasteiger charge is -2.12. The van der Waals surface area contributed by atoms with Crippen molar-refractivity contribution in [3.05, 3.63) is 48.3 Å². The number of nitrogens with zero attached hydrogens (tertiary/aromatic N) is 3. The molecule has 0 atom stereocenters. The van der Waals surface area contributed by atoms with Crippen molar-refractivity contribution in [3.8, 4) is 0 Å². The van der Waals surface area contributed by atoms with Crippen LogP contribution in [0.15, 0.2) is 41.9 Å². The molecule has 0 aliphatic carbocycles. The minimum absolute atomic E-state index is 0.782. The molecular weight excluding hydrogens is 276 g/mol. The maximum atomic E-state index is 5.43. The number of ether oxygens (including phenoxy) is 1. The standard InChI is InChI=1S/C17H18N4O/c1-12(5-3-7-18-2)15-9-14-16(10-19-15)20-21-17(14)13-6-4-8-22-11-13/h3,5,7,9-11H,2,4,6,8H2,1H3,(H,20,21)/b7-3-,12-5+. The number of aromatic amines is 1. The van der Waals surface area contributed by atoms with Gasteiger partial charge in [0.05, 0.1) is 36.0 Å². The fourth-order valence-electron chi connectivity index (χ4n) is 2.45. The van der Waals surface area contributed by atoms with Gasteiger partial charge < -0.3 is 4.74 Å². The number of pyridine rings is 1. The second-order valence-electron chi connectivity index (χ2n) is 5.18. The largest absolute Gasteiger partial charge is 0.501 e. The normalized spacial score (nSPS) is 15.9. The lowest BCUT2D eigenvalue weighted by atomic mass is 10.0. The Balaban J connectivity index is 2.01. The molecule has 112 valence electrons. The van der Waals surface area contributed by atoms with E-state index in [1.165, 1.54) is 0 Å². The number of rotatable bonds is 4. The summed E-state index contributed by atoms with van der Waals surface area (Å²) in [6.45, 7) is 6.22. The highest BCUT2D eigenvalue weighted by molar-refractivity contribution is 5.91. The highest BCUT2D eigenvalue weighted by Gasteiger charge is 2.14. The Kier molecular flexibility index (Phi) is 4.14. The number of hydrogen-bond donors (Lipinski definition) is 1. The van der Waals surface area contributed by atoms with E-state index < -0.39 is 0 Å². The summed E-state index contributed by atoms with van der Waals surface area (Å²) in [5, 5.41) is 8.53. The lowest BCUT2D eigenvalue weighted by molar-refractivity contribution is 0.235. The molecule has 5 nitrogen and oxygen atoms in total. The van der Waals surface area contributed by atoms with Gasteiger partial charge in [0.2, 0.25) is 0 Å². The van der Waals surface area contributed by atoms with E-state index in [4.69, 9.17) is 4.74 Å². The number of hydrogen-bond acceptors (Lipinski definition) is 4. The molecule has 0 spiro atoms. The van der Waals surface area contributed by atoms with Crippen LogP contribution in [-0.2, 0) is 4.74 Å². The molecule has 0 unspecified atom stereocenters. The number of nitrogens with one attached hydrogen (secondary N) is 1. The summed E-state index contributed by atoms with van der Waals surface area (Å²) < 4.78 is 5.43. The fourth-order valence-corrected chi connectivity index (χ4v) is 2.45. The van der Waals surface area contributed by atoms with Crippen molar-refractivity contribution in [2.45, 2.75) is 19.8 Å². The number of fused-ring (bicyclic) bond motifs is 1. The zero-order valence-electron chi connectivity index (χ0n) is 12.5. The number of aliphatic imine (C=N–C) groups is 1. The average Bonchev–Trinajstić information content (AvgIpc) is 2.99. The molecule has 2 aromatic heterocycles. The van der Waals surface area contributed by atoms with Gasteiger partial charge in [-0.15, -0.1) is 0 Å². The van der Waals surface area contributed by atoms with Gasteiger partial charge in [0.1, 0.15) is 0 Å². The van der Waals surface area contributed by atoms with Crippen molar-refractivity contribution in [1.29, 1.82) is 0 Å². The Bertz CT molecular complexity index is 783. The molecule has 3 heterocycles. The van der Waals surface area contributed by atoms with Crippen LogP contribution in [0.1, 0.15) is 31.2 Å². The molecule has 2 aromatic rings. The van der Waals surface area contributed by atoms with E-state index >= 15 is 0 Å². The first kappa shape index (κ1) is 14.3. The lowest BCUT2D eigenvalue weighted by Crippen LogP contribution is -1.99. The Morgan fingerprint density at radius 3 is 3.18 bits per heavy atom. The zero-order chi connectivity index (χ0) is 15.4. The summed E-state index contributed by atoms with van der Waals surface area (Å²) in [6.07, 6.45) is 11.1. The molecule has 0 amide bonds. The first-order valence-corrected chi connectivity index (χ1v) is 7.24. The van der Waals surface area contributed by atoms with Crippen molar-refractivity contribution in [1.82, 2.24) is 15.2 Å². The van der Waals surface area contributed by atoms with Crippen molar-refractivity contribution in [2.75, 3.05) is 6.61 Å². The summed E-state index contributed by atoms with van der Waals surface area (Å²) in [5.74, 6) is 0. The van der Waals surface area contributed by atoms with Gasteiger partial charge >= 0.3 is 0 Å². The number of allylic oxidation sites excluding steroid dienone is 4. The minimum Gasteiger partial charge on any atom is -0.501 e. The van der Waals surface area contributed by atoms with Gasteiger partial charge in [-0.25, -0.2) is 0 Å². The Morgan fingerprint density at radius 1 is 1.50 bits per heavy atom. The summed E-state index contributed by atoms with van der Waals surface area (Å²) in [6, 6.07) is 2.06. The van der Waals surface area contributed by atoms with Crippen LogP contribution in [0.4, 0.5) is 0 Å². The predicted molar refractivity (Wildman–Crippen MR) is 89.4 cm³/mol. The first-order valence-electron chi connectivity index (χ1n) is 7.24. The van der Waals surface area contributed by atoms with Gasteiger partial charge in [-0.3, -0.25) is 15.1 Å². The van der Waals surface area contributed by atoms with Gasteiger partial charge in [0, 0.05) is 17.2 Å². The van der Waals surface area contributed by atoms with Crippen LogP contribution in [-0.4, -0.2) is 28.5 Å². The third-order valence-corrected chi connectivity index (χ3v) is 3.63. The molecule has 1 N–H and O–H groups in total. The third kappa shape index (κ3) is 2.83. The molecule has 0 saturated carbocycles. The second-order valence-corrected chi connectivity index (χ2v) is 5.18. The predicted octanol–water partition coefficient (Wildman–Crippen LogP) is 3.73. The van der Waals surface area contributed by atoms with Crippen LogP contribution in [0.25, 0.3) is 22.0 Å². The topological polar surface area (TPSA) is 63.2 Å². The SMILES string of the molecule is C=N/C=C\C=C(/C)c1cc2c(C3=COCCC3)n[nH]c2cn1. The van der Waals surface area contributed by atoms with Crippen LogP contribution in [0.5, 0.6) is 0 Å². The van der Waals surface area contributed by atoms with Gasteiger partial charge in [-0.2, -0.15) is 5.10 Å². The minimum atomic E-state index is 0.782. The van der Waals surface area contributed by atoms with Gasteiger partial charge in [-0.05, 0) is 44.2 Å². The van der Waals surface area contributed by atoms with Crippen LogP contribution in [0.3, 0.4) is 0 Å². The summed E-state index contributed by atoms with van der Waals surface area (Å²) >= 11 is 0. The Hall–Kier alpha value is -2.69. The Labute approximate surface area is 129 Å². The van der Waals surface area contributed by atoms with Crippen molar-refractivity contribution < 1.29 is 4.74 Å². The maximum absolute atomic E-state index is 5.43. The smallest absolute Gasteiger partial charge is 0.0991 e. The van der Waals surface area contributed by atoms with Crippen molar-refractivity contribution >= 4 is 28.8 Å². The highest BCUT2D eigenvalue weighted by atomic mass is 16.5. The van der Waals surface area contributed by atoms with Crippen LogP contribution in [0.2, 0.25) is 0 Å². The number of aromatic nitrogens is 3. The van der Waals surface area contributed by atoms with Crippen LogP contribution in [0, 0.1) is 0 Å². The van der Waals surface area contributed by atoms with E-state index in [1.807, 2.05) is 31.5 Å². The Morgan fingerprint density at radius 2 is 2.41 bits per heavy atom. The molecule has 0 saturated heterocycles. The van der Waals surface area contributed by atoms with Gasteiger partial charge in [-0.1, -0.05) is 6.08 Å². The highest BCUT2D eigenvalue weighted by Crippen LogP contribution is 2.29. The van der Waals surface area contributed by atoms with Crippen LogP contribution >= 0.6 is 0 Å². The fraction of sp³-hybridized carbons (Fsp3) is 0.235. The summed E-state index contributed by atoms with van der Waals surface area (Å²) in [5.41, 5.74) is 4.99. The van der Waals surface area contributed by atoms with Gasteiger partial charge in [0.25, 0.3) is 0 Å². The molecule has 3 rings (SSSR count). The molecule has 22 heavy (non-hydrogen) atoms.